The van der Waals surface area contributed by atoms with E-state index in [1.807, 2.05) is 18.2 Å². The van der Waals surface area contributed by atoms with E-state index >= 15 is 0 Å². The van der Waals surface area contributed by atoms with Crippen LogP contribution in [0.1, 0.15) is 90.9 Å². The van der Waals surface area contributed by atoms with Crippen LogP contribution in [0.25, 0.3) is 0 Å². The van der Waals surface area contributed by atoms with Crippen LogP contribution in [0.15, 0.2) is 48.6 Å². The summed E-state index contributed by atoms with van der Waals surface area (Å²) in [7, 11) is 0. The Balaban J connectivity index is -0.000000340. The van der Waals surface area contributed by atoms with Crippen LogP contribution >= 0.6 is 0 Å². The normalized spacial score (nSPS) is 12.5. The van der Waals surface area contributed by atoms with Gasteiger partial charge in [0.15, 0.2) is 0 Å². The molecule has 2 rings (SSSR count). The second-order valence-corrected chi connectivity index (χ2v) is 6.26. The zero-order valence-electron chi connectivity index (χ0n) is 18.1. The maximum absolute atomic E-state index is 3.72. The summed E-state index contributed by atoms with van der Waals surface area (Å²) in [4.78, 5) is 0. The SMILES string of the molecule is C=CCCCCCCC1=[C-]CC=C1.[C-]1=CC=CC1.[CH2-]CCC.[CH2-]CCC.[Zr+4]. The van der Waals surface area contributed by atoms with E-state index in [0.717, 1.165) is 25.7 Å². The van der Waals surface area contributed by atoms with Crippen molar-refractivity contribution in [1.29, 1.82) is 0 Å². The fourth-order valence-corrected chi connectivity index (χ4v) is 1.92. The molecule has 0 spiro atoms. The Morgan fingerprint density at radius 3 is 2.00 bits per heavy atom. The summed E-state index contributed by atoms with van der Waals surface area (Å²) in [6.07, 6.45) is 33.1. The Kier molecular flexibility index (Phi) is 35.1. The van der Waals surface area contributed by atoms with E-state index in [0.29, 0.717) is 0 Å². The van der Waals surface area contributed by atoms with E-state index in [9.17, 15) is 0 Å². The van der Waals surface area contributed by atoms with Gasteiger partial charge in [-0.2, -0.15) is 25.0 Å². The van der Waals surface area contributed by atoms with Gasteiger partial charge in [-0.15, -0.1) is 19.4 Å². The predicted octanol–water partition coefficient (Wildman–Crippen LogP) is 8.75. The number of unbranched alkanes of at least 4 members (excludes halogenated alkanes) is 6. The summed E-state index contributed by atoms with van der Waals surface area (Å²) in [5.41, 5.74) is 1.42. The van der Waals surface area contributed by atoms with Gasteiger partial charge >= 0.3 is 26.2 Å². The van der Waals surface area contributed by atoms with Crippen LogP contribution in [-0.4, -0.2) is 0 Å². The van der Waals surface area contributed by atoms with Crippen LogP contribution in [0.4, 0.5) is 0 Å². The van der Waals surface area contributed by atoms with Crippen molar-refractivity contribution >= 4 is 0 Å². The Morgan fingerprint density at radius 1 is 1.00 bits per heavy atom. The van der Waals surface area contributed by atoms with Gasteiger partial charge in [-0.3, -0.25) is 12.2 Å². The summed E-state index contributed by atoms with van der Waals surface area (Å²) in [6.45, 7) is 15.2. The third-order valence-electron chi connectivity index (χ3n) is 3.66. The molecule has 0 amide bonds. The van der Waals surface area contributed by atoms with Crippen LogP contribution in [-0.2, 0) is 26.2 Å². The molecular weight excluding hydrogens is 404 g/mol. The van der Waals surface area contributed by atoms with E-state index in [-0.39, 0.29) is 26.2 Å². The van der Waals surface area contributed by atoms with Gasteiger partial charge in [-0.1, -0.05) is 58.4 Å². The molecule has 0 unspecified atom stereocenters. The predicted molar refractivity (Wildman–Crippen MR) is 121 cm³/mol. The maximum Gasteiger partial charge on any atom is 4.00 e. The molecule has 0 aromatic rings. The van der Waals surface area contributed by atoms with Gasteiger partial charge < -0.3 is 13.8 Å². The Morgan fingerprint density at radius 2 is 1.63 bits per heavy atom. The van der Waals surface area contributed by atoms with Crippen LogP contribution in [0.5, 0.6) is 0 Å². The summed E-state index contributed by atoms with van der Waals surface area (Å²) < 4.78 is 0. The van der Waals surface area contributed by atoms with Crippen LogP contribution in [0, 0.1) is 26.0 Å². The quantitative estimate of drug-likeness (QED) is 0.189. The van der Waals surface area contributed by atoms with Gasteiger partial charge in [-0.25, -0.2) is 23.8 Å². The van der Waals surface area contributed by atoms with E-state index in [1.165, 1.54) is 56.9 Å². The fourth-order valence-electron chi connectivity index (χ4n) is 1.92. The zero-order chi connectivity index (χ0) is 19.7. The van der Waals surface area contributed by atoms with Crippen molar-refractivity contribution in [3.63, 3.8) is 0 Å². The first-order valence-corrected chi connectivity index (χ1v) is 10.4. The molecule has 0 aliphatic heterocycles. The van der Waals surface area contributed by atoms with Crippen molar-refractivity contribution in [2.24, 2.45) is 0 Å². The molecule has 150 valence electrons. The molecule has 27 heavy (non-hydrogen) atoms. The number of hydrogen-bond acceptors (Lipinski definition) is 0. The van der Waals surface area contributed by atoms with Crippen molar-refractivity contribution in [1.82, 2.24) is 0 Å². The summed E-state index contributed by atoms with van der Waals surface area (Å²) in [5.74, 6) is 0. The molecule has 2 aliphatic carbocycles. The molecule has 0 saturated carbocycles. The second kappa shape index (κ2) is 30.3. The van der Waals surface area contributed by atoms with Crippen molar-refractivity contribution < 1.29 is 26.2 Å². The molecule has 0 atom stereocenters. The fraction of sp³-hybridized carbons (Fsp3) is 0.538. The molecule has 1 heteroatoms. The summed E-state index contributed by atoms with van der Waals surface area (Å²) in [5, 5.41) is 0. The first-order chi connectivity index (χ1) is 12.8. The van der Waals surface area contributed by atoms with Crippen LogP contribution < -0.4 is 0 Å². The average Bonchev–Trinajstić information content (AvgIpc) is 3.41. The molecule has 0 saturated heterocycles. The standard InChI is InChI=1S/C13H19.C5H5.2C4H9.Zr/c1-2-3-4-5-6-7-10-13-11-8-9-12-13;1-2-4-5-3-1;2*1-3-4-2;/h2,8,11H,1,3-7,9-10H2;1-3H,4H2;2*1,3-4H2,2H3;/q4*-1;+4. The molecule has 0 radical (unpaired) electrons. The van der Waals surface area contributed by atoms with E-state index in [1.54, 1.807) is 0 Å². The Bertz CT molecular complexity index is 367. The molecule has 2 aliphatic rings. The molecular formula is C26H42Zr. The summed E-state index contributed by atoms with van der Waals surface area (Å²) >= 11 is 0. The maximum atomic E-state index is 3.72. The van der Waals surface area contributed by atoms with Gasteiger partial charge in [0, 0.05) is 0 Å². The molecule has 0 bridgehead atoms. The third-order valence-corrected chi connectivity index (χ3v) is 3.66. The minimum Gasteiger partial charge on any atom is -0.343 e. The Hall–Kier alpha value is -0.417. The van der Waals surface area contributed by atoms with Crippen molar-refractivity contribution in [3.05, 3.63) is 74.6 Å². The molecule has 0 fully saturated rings. The first kappa shape index (κ1) is 31.3. The number of hydrogen-bond donors (Lipinski definition) is 0. The molecule has 0 aromatic heterocycles. The topological polar surface area (TPSA) is 0 Å². The Labute approximate surface area is 191 Å². The summed E-state index contributed by atoms with van der Waals surface area (Å²) in [6, 6.07) is 0. The smallest absolute Gasteiger partial charge is 0.343 e. The molecule has 0 heterocycles. The average molecular weight is 446 g/mol. The van der Waals surface area contributed by atoms with E-state index in [4.69, 9.17) is 0 Å². The van der Waals surface area contributed by atoms with Gasteiger partial charge in [0.05, 0.1) is 0 Å². The minimum atomic E-state index is 0. The second-order valence-electron chi connectivity index (χ2n) is 6.26. The van der Waals surface area contributed by atoms with Crippen LogP contribution in [0.3, 0.4) is 0 Å². The molecule has 0 nitrogen and oxygen atoms in total. The third kappa shape index (κ3) is 30.5. The minimum absolute atomic E-state index is 0. The van der Waals surface area contributed by atoms with E-state index < -0.39 is 0 Å². The van der Waals surface area contributed by atoms with Crippen molar-refractivity contribution in [2.75, 3.05) is 0 Å². The van der Waals surface area contributed by atoms with Crippen LogP contribution in [0.2, 0.25) is 0 Å². The first-order valence-electron chi connectivity index (χ1n) is 10.4. The monoisotopic (exact) mass is 444 g/mol. The number of allylic oxidation sites excluding steroid dienone is 9. The largest absolute Gasteiger partial charge is 4.00 e. The van der Waals surface area contributed by atoms with Gasteiger partial charge in [0.25, 0.3) is 0 Å². The van der Waals surface area contributed by atoms with E-state index in [2.05, 4.69) is 64.7 Å². The van der Waals surface area contributed by atoms with Crippen molar-refractivity contribution in [2.45, 2.75) is 90.9 Å². The van der Waals surface area contributed by atoms with Crippen molar-refractivity contribution in [3.8, 4) is 0 Å². The van der Waals surface area contributed by atoms with Gasteiger partial charge in [0.2, 0.25) is 0 Å². The molecule has 0 aromatic carbocycles. The zero-order valence-corrected chi connectivity index (χ0v) is 20.5. The molecule has 0 N–H and O–H groups in total. The van der Waals surface area contributed by atoms with Gasteiger partial charge in [-0.05, 0) is 12.8 Å². The van der Waals surface area contributed by atoms with Gasteiger partial charge in [0.1, 0.15) is 0 Å². The number of rotatable bonds is 9.